The first-order valence-electron chi connectivity index (χ1n) is 7.66. The predicted octanol–water partition coefficient (Wildman–Crippen LogP) is 4.41. The fourth-order valence-electron chi connectivity index (χ4n) is 2.48. The number of rotatable bonds is 6. The molecule has 24 heavy (non-hydrogen) atoms. The van der Waals surface area contributed by atoms with Crippen LogP contribution in [0.3, 0.4) is 0 Å². The Bertz CT molecular complexity index is 820. The molecule has 0 aliphatic rings. The van der Waals surface area contributed by atoms with Crippen LogP contribution in [0.2, 0.25) is 0 Å². The molecule has 6 heteroatoms. The number of methoxy groups -OCH3 is 1. The third-order valence-electron chi connectivity index (χ3n) is 3.66. The summed E-state index contributed by atoms with van der Waals surface area (Å²) in [5.74, 6) is 1.81. The number of nitrogens with zero attached hydrogens (tertiary/aromatic N) is 3. The monoisotopic (exact) mass is 343 g/mol. The molecule has 0 saturated carbocycles. The first-order chi connectivity index (χ1) is 11.7. The molecule has 1 heterocycles. The maximum absolute atomic E-state index is 13.5. The van der Waals surface area contributed by atoms with Gasteiger partial charge in [-0.3, -0.25) is 0 Å². The van der Waals surface area contributed by atoms with Gasteiger partial charge in [-0.2, -0.15) is 0 Å². The number of hydrogen-bond acceptors (Lipinski definition) is 4. The number of aromatic nitrogens is 3. The van der Waals surface area contributed by atoms with E-state index in [1.807, 2.05) is 30.3 Å². The van der Waals surface area contributed by atoms with Crippen molar-refractivity contribution in [1.82, 2.24) is 14.8 Å². The summed E-state index contributed by atoms with van der Waals surface area (Å²) in [4.78, 5) is 0. The summed E-state index contributed by atoms with van der Waals surface area (Å²) >= 11 is 1.52. The maximum Gasteiger partial charge on any atom is 0.191 e. The molecule has 0 fully saturated rings. The van der Waals surface area contributed by atoms with Gasteiger partial charge in [0, 0.05) is 23.4 Å². The zero-order valence-electron chi connectivity index (χ0n) is 13.6. The Hall–Kier alpha value is -2.34. The molecular formula is C18H18FN3OS. The van der Waals surface area contributed by atoms with Crippen molar-refractivity contribution < 1.29 is 9.13 Å². The number of thioether (sulfide) groups is 1. The minimum atomic E-state index is -0.270. The summed E-state index contributed by atoms with van der Waals surface area (Å²) in [5, 5.41) is 9.42. The lowest BCUT2D eigenvalue weighted by molar-refractivity contribution is 0.410. The predicted molar refractivity (Wildman–Crippen MR) is 93.6 cm³/mol. The normalized spacial score (nSPS) is 10.8. The summed E-state index contributed by atoms with van der Waals surface area (Å²) in [6, 6.07) is 14.5. The minimum absolute atomic E-state index is 0.270. The molecule has 0 aliphatic carbocycles. The second kappa shape index (κ2) is 7.49. The molecule has 2 aromatic carbocycles. The van der Waals surface area contributed by atoms with Crippen molar-refractivity contribution in [3.8, 4) is 17.1 Å². The average molecular weight is 343 g/mol. The Morgan fingerprint density at radius 3 is 2.62 bits per heavy atom. The van der Waals surface area contributed by atoms with Crippen molar-refractivity contribution in [2.24, 2.45) is 0 Å². The van der Waals surface area contributed by atoms with Crippen molar-refractivity contribution in [1.29, 1.82) is 0 Å². The standard InChI is InChI=1S/C18H18FN3OS/c1-3-22-17(13-7-5-4-6-8-13)20-21-18(22)24-12-14-11-15(19)9-10-16(14)23-2/h4-11H,3,12H2,1-2H3. The van der Waals surface area contributed by atoms with Gasteiger partial charge in [0.05, 0.1) is 7.11 Å². The highest BCUT2D eigenvalue weighted by atomic mass is 32.2. The molecular weight excluding hydrogens is 325 g/mol. The van der Waals surface area contributed by atoms with Gasteiger partial charge in [0.25, 0.3) is 0 Å². The van der Waals surface area contributed by atoms with Crippen LogP contribution in [0.15, 0.2) is 53.7 Å². The van der Waals surface area contributed by atoms with Crippen LogP contribution in [0.5, 0.6) is 5.75 Å². The fraction of sp³-hybridized carbons (Fsp3) is 0.222. The molecule has 3 aromatic rings. The largest absolute Gasteiger partial charge is 0.496 e. The van der Waals surface area contributed by atoms with Crippen LogP contribution < -0.4 is 4.74 Å². The molecule has 0 amide bonds. The topological polar surface area (TPSA) is 39.9 Å². The zero-order chi connectivity index (χ0) is 16.9. The molecule has 0 N–H and O–H groups in total. The van der Waals surface area contributed by atoms with Gasteiger partial charge in [-0.15, -0.1) is 10.2 Å². The molecule has 0 spiro atoms. The van der Waals surface area contributed by atoms with Gasteiger partial charge in [-0.1, -0.05) is 42.1 Å². The SMILES string of the molecule is CCn1c(SCc2cc(F)ccc2OC)nnc1-c1ccccc1. The van der Waals surface area contributed by atoms with E-state index in [-0.39, 0.29) is 5.82 Å². The average Bonchev–Trinajstić information content (AvgIpc) is 3.03. The molecule has 3 rings (SSSR count). The van der Waals surface area contributed by atoms with E-state index in [4.69, 9.17) is 4.74 Å². The lowest BCUT2D eigenvalue weighted by Crippen LogP contribution is -2.00. The van der Waals surface area contributed by atoms with Gasteiger partial charge in [0.2, 0.25) is 0 Å². The summed E-state index contributed by atoms with van der Waals surface area (Å²) in [6.45, 7) is 2.82. The maximum atomic E-state index is 13.5. The third kappa shape index (κ3) is 3.43. The van der Waals surface area contributed by atoms with Crippen molar-refractivity contribution in [2.45, 2.75) is 24.4 Å². The van der Waals surface area contributed by atoms with E-state index in [1.165, 1.54) is 23.9 Å². The Morgan fingerprint density at radius 1 is 1.12 bits per heavy atom. The smallest absolute Gasteiger partial charge is 0.191 e. The van der Waals surface area contributed by atoms with E-state index in [0.717, 1.165) is 28.7 Å². The number of benzene rings is 2. The van der Waals surface area contributed by atoms with Crippen molar-refractivity contribution in [3.05, 3.63) is 59.9 Å². The van der Waals surface area contributed by atoms with Crippen LogP contribution in [0.1, 0.15) is 12.5 Å². The van der Waals surface area contributed by atoms with Crippen LogP contribution >= 0.6 is 11.8 Å². The van der Waals surface area contributed by atoms with E-state index in [0.29, 0.717) is 11.5 Å². The Kier molecular flexibility index (Phi) is 5.15. The highest BCUT2D eigenvalue weighted by Gasteiger charge is 2.14. The number of ether oxygens (including phenoxy) is 1. The first kappa shape index (κ1) is 16.5. The third-order valence-corrected chi connectivity index (χ3v) is 4.68. The summed E-state index contributed by atoms with van der Waals surface area (Å²) in [5.41, 5.74) is 1.83. The fourth-order valence-corrected chi connectivity index (χ4v) is 3.46. The molecule has 0 radical (unpaired) electrons. The van der Waals surface area contributed by atoms with Crippen LogP contribution in [-0.4, -0.2) is 21.9 Å². The van der Waals surface area contributed by atoms with Crippen molar-refractivity contribution >= 4 is 11.8 Å². The molecule has 0 atom stereocenters. The summed E-state index contributed by atoms with van der Waals surface area (Å²) in [7, 11) is 1.59. The van der Waals surface area contributed by atoms with Gasteiger partial charge in [0.15, 0.2) is 11.0 Å². The molecule has 0 aliphatic heterocycles. The van der Waals surface area contributed by atoms with Crippen LogP contribution in [0.4, 0.5) is 4.39 Å². The quantitative estimate of drug-likeness (QED) is 0.622. The van der Waals surface area contributed by atoms with Crippen molar-refractivity contribution in [2.75, 3.05) is 7.11 Å². The van der Waals surface area contributed by atoms with Gasteiger partial charge in [0.1, 0.15) is 11.6 Å². The second-order valence-corrected chi connectivity index (χ2v) is 6.10. The van der Waals surface area contributed by atoms with E-state index < -0.39 is 0 Å². The van der Waals surface area contributed by atoms with E-state index in [9.17, 15) is 4.39 Å². The van der Waals surface area contributed by atoms with Gasteiger partial charge < -0.3 is 9.30 Å². The van der Waals surface area contributed by atoms with Gasteiger partial charge >= 0.3 is 0 Å². The molecule has 1 aromatic heterocycles. The van der Waals surface area contributed by atoms with Crippen LogP contribution in [0, 0.1) is 5.82 Å². The minimum Gasteiger partial charge on any atom is -0.496 e. The van der Waals surface area contributed by atoms with Gasteiger partial charge in [-0.25, -0.2) is 4.39 Å². The summed E-state index contributed by atoms with van der Waals surface area (Å²) < 4.78 is 20.8. The van der Waals surface area contributed by atoms with E-state index in [1.54, 1.807) is 13.2 Å². The number of hydrogen-bond donors (Lipinski definition) is 0. The van der Waals surface area contributed by atoms with Crippen LogP contribution in [0.25, 0.3) is 11.4 Å². The Morgan fingerprint density at radius 2 is 1.92 bits per heavy atom. The Balaban J connectivity index is 1.84. The molecule has 0 bridgehead atoms. The molecule has 0 unspecified atom stereocenters. The first-order valence-corrected chi connectivity index (χ1v) is 8.65. The zero-order valence-corrected chi connectivity index (χ0v) is 14.4. The van der Waals surface area contributed by atoms with E-state index >= 15 is 0 Å². The molecule has 4 nitrogen and oxygen atoms in total. The second-order valence-electron chi connectivity index (χ2n) is 5.16. The van der Waals surface area contributed by atoms with Crippen LogP contribution in [-0.2, 0) is 12.3 Å². The lowest BCUT2D eigenvalue weighted by Gasteiger charge is -2.09. The van der Waals surface area contributed by atoms with Gasteiger partial charge in [-0.05, 0) is 25.1 Å². The molecule has 0 saturated heterocycles. The van der Waals surface area contributed by atoms with E-state index in [2.05, 4.69) is 21.7 Å². The summed E-state index contributed by atoms with van der Waals surface area (Å²) in [6.07, 6.45) is 0. The lowest BCUT2D eigenvalue weighted by atomic mass is 10.2. The number of halogens is 1. The highest BCUT2D eigenvalue weighted by Crippen LogP contribution is 2.29. The van der Waals surface area contributed by atoms with Crippen molar-refractivity contribution in [3.63, 3.8) is 0 Å². The Labute approximate surface area is 144 Å². The molecule has 124 valence electrons. The highest BCUT2D eigenvalue weighted by molar-refractivity contribution is 7.98.